The summed E-state index contributed by atoms with van der Waals surface area (Å²) in [6, 6.07) is 23.6. The number of benzene rings is 3. The maximum absolute atomic E-state index is 13.1. The number of furan rings is 1. The smallest absolute Gasteiger partial charge is 0.261 e. The first-order valence-corrected chi connectivity index (χ1v) is 12.2. The Morgan fingerprint density at radius 3 is 2.35 bits per heavy atom. The molecule has 0 saturated carbocycles. The lowest BCUT2D eigenvalue weighted by Crippen LogP contribution is -2.15. The molecule has 3 aromatic carbocycles. The van der Waals surface area contributed by atoms with Gasteiger partial charge in [-0.25, -0.2) is 8.42 Å². The normalized spacial score (nSPS) is 11.8. The Kier molecular flexibility index (Phi) is 6.86. The number of amides is 1. The molecule has 0 saturated heterocycles. The second kappa shape index (κ2) is 9.99. The van der Waals surface area contributed by atoms with Crippen molar-refractivity contribution in [2.24, 2.45) is 0 Å². The third-order valence-corrected chi connectivity index (χ3v) is 6.64. The third-order valence-electron chi connectivity index (χ3n) is 5.03. The maximum atomic E-state index is 13.1. The zero-order valence-electron chi connectivity index (χ0n) is 18.2. The number of halogens is 1. The predicted molar refractivity (Wildman–Crippen MR) is 135 cm³/mol. The molecule has 0 radical (unpaired) electrons. The predicted octanol–water partition coefficient (Wildman–Crippen LogP) is 6.22. The Hall–Kier alpha value is -3.81. The van der Waals surface area contributed by atoms with Crippen LogP contribution in [0.3, 0.4) is 0 Å². The molecule has 172 valence electrons. The summed E-state index contributed by atoms with van der Waals surface area (Å²) in [6.45, 7) is 1.79. The van der Waals surface area contributed by atoms with Crippen molar-refractivity contribution < 1.29 is 17.6 Å². The molecular formula is C26H21ClN2O4S. The van der Waals surface area contributed by atoms with Crippen molar-refractivity contribution in [1.29, 1.82) is 0 Å². The highest BCUT2D eigenvalue weighted by Gasteiger charge is 2.17. The minimum atomic E-state index is -3.84. The van der Waals surface area contributed by atoms with Crippen LogP contribution in [-0.4, -0.2) is 14.3 Å². The number of rotatable bonds is 7. The molecule has 0 bridgehead atoms. The largest absolute Gasteiger partial charge is 0.465 e. The standard InChI is InChI=1S/C26H21ClN2O4S/c1-18-9-10-20(27)16-25(18)29-34(31,32)23-13-11-21(12-14-23)28-26(30)24(17-22-8-5-15-33-22)19-6-3-2-4-7-19/h2-17,29H,1H3,(H,28,30)/b24-17+. The fourth-order valence-corrected chi connectivity index (χ4v) is 4.53. The first-order valence-electron chi connectivity index (χ1n) is 10.3. The van der Waals surface area contributed by atoms with Gasteiger partial charge in [0.05, 0.1) is 22.4 Å². The van der Waals surface area contributed by atoms with Crippen LogP contribution in [0.1, 0.15) is 16.9 Å². The molecule has 1 aromatic heterocycles. The molecule has 0 aliphatic rings. The first-order chi connectivity index (χ1) is 16.3. The van der Waals surface area contributed by atoms with Gasteiger partial charge < -0.3 is 9.73 Å². The Bertz CT molecular complexity index is 1430. The van der Waals surface area contributed by atoms with Crippen molar-refractivity contribution in [3.63, 3.8) is 0 Å². The van der Waals surface area contributed by atoms with E-state index >= 15 is 0 Å². The molecule has 34 heavy (non-hydrogen) atoms. The number of hydrogen-bond acceptors (Lipinski definition) is 4. The number of anilines is 2. The van der Waals surface area contributed by atoms with Crippen LogP contribution in [-0.2, 0) is 14.8 Å². The summed E-state index contributed by atoms with van der Waals surface area (Å²) in [5.41, 5.74) is 2.72. The molecule has 8 heteroatoms. The van der Waals surface area contributed by atoms with Crippen LogP contribution >= 0.6 is 11.6 Å². The minimum Gasteiger partial charge on any atom is -0.465 e. The van der Waals surface area contributed by atoms with Gasteiger partial charge in [-0.15, -0.1) is 0 Å². The Morgan fingerprint density at radius 2 is 1.68 bits per heavy atom. The summed E-state index contributed by atoms with van der Waals surface area (Å²) >= 11 is 5.99. The van der Waals surface area contributed by atoms with E-state index in [0.717, 1.165) is 11.1 Å². The fraction of sp³-hybridized carbons (Fsp3) is 0.0385. The lowest BCUT2D eigenvalue weighted by Gasteiger charge is -2.12. The van der Waals surface area contributed by atoms with Crippen molar-refractivity contribution in [3.05, 3.63) is 113 Å². The van der Waals surface area contributed by atoms with Gasteiger partial charge in [0.1, 0.15) is 5.76 Å². The van der Waals surface area contributed by atoms with E-state index in [4.69, 9.17) is 16.0 Å². The number of nitrogens with one attached hydrogen (secondary N) is 2. The SMILES string of the molecule is Cc1ccc(Cl)cc1NS(=O)(=O)c1ccc(NC(=O)/C(=C/c2ccco2)c2ccccc2)cc1. The summed E-state index contributed by atoms with van der Waals surface area (Å²) in [5, 5.41) is 3.25. The summed E-state index contributed by atoms with van der Waals surface area (Å²) in [5.74, 6) is 0.184. The van der Waals surface area contributed by atoms with Crippen LogP contribution < -0.4 is 10.0 Å². The maximum Gasteiger partial charge on any atom is 0.261 e. The summed E-state index contributed by atoms with van der Waals surface area (Å²) in [7, 11) is -3.84. The molecule has 6 nitrogen and oxygen atoms in total. The summed E-state index contributed by atoms with van der Waals surface area (Å²) < 4.78 is 33.5. The molecule has 1 heterocycles. The van der Waals surface area contributed by atoms with Gasteiger partial charge in [0, 0.05) is 10.7 Å². The topological polar surface area (TPSA) is 88.4 Å². The lowest BCUT2D eigenvalue weighted by molar-refractivity contribution is -0.111. The van der Waals surface area contributed by atoms with Crippen LogP contribution in [0, 0.1) is 6.92 Å². The van der Waals surface area contributed by atoms with Crippen molar-refractivity contribution in [1.82, 2.24) is 0 Å². The van der Waals surface area contributed by atoms with Gasteiger partial charge in [0.15, 0.2) is 0 Å². The van der Waals surface area contributed by atoms with Crippen molar-refractivity contribution >= 4 is 50.6 Å². The Labute approximate surface area is 202 Å². The molecule has 4 aromatic rings. The number of carbonyl (C=O) groups excluding carboxylic acids is 1. The van der Waals surface area contributed by atoms with E-state index in [9.17, 15) is 13.2 Å². The average molecular weight is 493 g/mol. The van der Waals surface area contributed by atoms with E-state index in [0.29, 0.717) is 27.7 Å². The van der Waals surface area contributed by atoms with Gasteiger partial charge in [0.2, 0.25) is 0 Å². The number of hydrogen-bond donors (Lipinski definition) is 2. The lowest BCUT2D eigenvalue weighted by atomic mass is 10.0. The van der Waals surface area contributed by atoms with E-state index in [1.165, 1.54) is 30.5 Å². The molecule has 0 atom stereocenters. The molecule has 0 fully saturated rings. The molecule has 0 aliphatic heterocycles. The van der Waals surface area contributed by atoms with Gasteiger partial charge in [-0.1, -0.05) is 48.0 Å². The van der Waals surface area contributed by atoms with Crippen LogP contribution in [0.4, 0.5) is 11.4 Å². The van der Waals surface area contributed by atoms with Crippen LogP contribution in [0.25, 0.3) is 11.6 Å². The van der Waals surface area contributed by atoms with Gasteiger partial charge in [0.25, 0.3) is 15.9 Å². The van der Waals surface area contributed by atoms with Gasteiger partial charge in [-0.2, -0.15) is 0 Å². The monoisotopic (exact) mass is 492 g/mol. The molecule has 4 rings (SSSR count). The van der Waals surface area contributed by atoms with E-state index < -0.39 is 10.0 Å². The van der Waals surface area contributed by atoms with Crippen LogP contribution in [0.2, 0.25) is 5.02 Å². The highest BCUT2D eigenvalue weighted by molar-refractivity contribution is 7.92. The van der Waals surface area contributed by atoms with Crippen molar-refractivity contribution in [3.8, 4) is 0 Å². The first kappa shape index (κ1) is 23.4. The number of sulfonamides is 1. The molecular weight excluding hydrogens is 472 g/mol. The van der Waals surface area contributed by atoms with E-state index in [1.54, 1.807) is 43.3 Å². The zero-order chi connectivity index (χ0) is 24.1. The molecule has 2 N–H and O–H groups in total. The zero-order valence-corrected chi connectivity index (χ0v) is 19.7. The van der Waals surface area contributed by atoms with Crippen LogP contribution in [0.5, 0.6) is 0 Å². The van der Waals surface area contributed by atoms with Gasteiger partial charge >= 0.3 is 0 Å². The third kappa shape index (κ3) is 5.57. The van der Waals surface area contributed by atoms with E-state index in [2.05, 4.69) is 10.0 Å². The minimum absolute atomic E-state index is 0.0549. The van der Waals surface area contributed by atoms with Crippen molar-refractivity contribution in [2.75, 3.05) is 10.0 Å². The fourth-order valence-electron chi connectivity index (χ4n) is 3.24. The van der Waals surface area contributed by atoms with Crippen molar-refractivity contribution in [2.45, 2.75) is 11.8 Å². The van der Waals surface area contributed by atoms with E-state index in [-0.39, 0.29) is 10.8 Å². The quantitative estimate of drug-likeness (QED) is 0.300. The Balaban J connectivity index is 1.54. The Morgan fingerprint density at radius 1 is 0.941 bits per heavy atom. The molecule has 0 spiro atoms. The second-order valence-corrected chi connectivity index (χ2v) is 9.60. The highest BCUT2D eigenvalue weighted by Crippen LogP contribution is 2.25. The van der Waals surface area contributed by atoms with Gasteiger partial charge in [-0.3, -0.25) is 9.52 Å². The van der Waals surface area contributed by atoms with Crippen LogP contribution in [0.15, 0.2) is 101 Å². The molecule has 0 aliphatic carbocycles. The van der Waals surface area contributed by atoms with Gasteiger partial charge in [-0.05, 0) is 72.7 Å². The number of aryl methyl sites for hydroxylation is 1. The highest BCUT2D eigenvalue weighted by atomic mass is 35.5. The summed E-state index contributed by atoms with van der Waals surface area (Å²) in [4.78, 5) is 13.1. The summed E-state index contributed by atoms with van der Waals surface area (Å²) in [6.07, 6.45) is 3.19. The molecule has 0 unspecified atom stereocenters. The second-order valence-electron chi connectivity index (χ2n) is 7.48. The average Bonchev–Trinajstić information content (AvgIpc) is 3.34. The number of carbonyl (C=O) groups is 1. The van der Waals surface area contributed by atoms with E-state index in [1.807, 2.05) is 30.3 Å². The molecule has 1 amide bonds.